The highest BCUT2D eigenvalue weighted by molar-refractivity contribution is 5.74. The van der Waals surface area contributed by atoms with Crippen LogP contribution < -0.4 is 0 Å². The van der Waals surface area contributed by atoms with Crippen LogP contribution in [0.15, 0.2) is 0 Å². The molecule has 0 spiro atoms. The summed E-state index contributed by atoms with van der Waals surface area (Å²) in [5.74, 6) is 1.03. The molecule has 0 aliphatic carbocycles. The normalized spacial score (nSPS) is 32.3. The van der Waals surface area contributed by atoms with Gasteiger partial charge in [0.05, 0.1) is 19.8 Å². The van der Waals surface area contributed by atoms with E-state index in [4.69, 9.17) is 14.2 Å². The molecule has 0 unspecified atom stereocenters. The van der Waals surface area contributed by atoms with Gasteiger partial charge in [0.15, 0.2) is 0 Å². The topological polar surface area (TPSA) is 51.2 Å². The molecule has 3 aliphatic rings. The molecule has 6 nitrogen and oxygen atoms in total. The van der Waals surface area contributed by atoms with Crippen LogP contribution in [0, 0.1) is 17.3 Å². The number of rotatable bonds is 4. The van der Waals surface area contributed by atoms with Gasteiger partial charge >= 0.3 is 6.03 Å². The smallest absolute Gasteiger partial charge is 0.319 e. The molecular weight excluding hydrogens is 284 g/mol. The van der Waals surface area contributed by atoms with Crippen molar-refractivity contribution < 1.29 is 19.0 Å². The molecular formula is C16H28N2O4. The Morgan fingerprint density at radius 2 is 2.09 bits per heavy atom. The lowest BCUT2D eigenvalue weighted by molar-refractivity contribution is -0.0147. The van der Waals surface area contributed by atoms with Crippen molar-refractivity contribution in [1.29, 1.82) is 0 Å². The van der Waals surface area contributed by atoms with Crippen LogP contribution in [0.1, 0.15) is 12.8 Å². The van der Waals surface area contributed by atoms with E-state index in [2.05, 4.69) is 0 Å². The van der Waals surface area contributed by atoms with Crippen molar-refractivity contribution in [2.75, 3.05) is 66.8 Å². The quantitative estimate of drug-likeness (QED) is 0.779. The zero-order chi connectivity index (χ0) is 15.6. The fraction of sp³-hybridized carbons (Fsp3) is 0.938. The number of carbonyl (C=O) groups is 1. The molecule has 6 heteroatoms. The molecule has 3 heterocycles. The lowest BCUT2D eigenvalue weighted by Crippen LogP contribution is -2.41. The highest BCUT2D eigenvalue weighted by Gasteiger charge is 2.52. The summed E-state index contributed by atoms with van der Waals surface area (Å²) in [6.45, 7) is 6.22. The van der Waals surface area contributed by atoms with Gasteiger partial charge < -0.3 is 24.0 Å². The van der Waals surface area contributed by atoms with Crippen LogP contribution in [0.5, 0.6) is 0 Å². The average Bonchev–Trinajstić information content (AvgIpc) is 3.04. The SMILES string of the molecule is CN(C)C(=O)N1C[C@@H]2COC[C@]2(COCC2CCOCC2)C1. The Hall–Kier alpha value is -0.850. The Kier molecular flexibility index (Phi) is 4.90. The monoisotopic (exact) mass is 312 g/mol. The number of amides is 2. The van der Waals surface area contributed by atoms with E-state index in [9.17, 15) is 4.79 Å². The van der Waals surface area contributed by atoms with E-state index in [-0.39, 0.29) is 11.4 Å². The summed E-state index contributed by atoms with van der Waals surface area (Å²) in [6, 6.07) is 0.0956. The van der Waals surface area contributed by atoms with E-state index >= 15 is 0 Å². The van der Waals surface area contributed by atoms with Gasteiger partial charge in [-0.15, -0.1) is 0 Å². The maximum Gasteiger partial charge on any atom is 0.319 e. The van der Waals surface area contributed by atoms with Gasteiger partial charge in [0.25, 0.3) is 0 Å². The molecule has 0 N–H and O–H groups in total. The molecule has 0 aromatic carbocycles. The molecule has 126 valence electrons. The van der Waals surface area contributed by atoms with Crippen molar-refractivity contribution >= 4 is 6.03 Å². The number of likely N-dealkylation sites (tertiary alicyclic amines) is 1. The second-order valence-electron chi connectivity index (χ2n) is 7.20. The lowest BCUT2D eigenvalue weighted by atomic mass is 9.82. The Bertz CT molecular complexity index is 398. The summed E-state index contributed by atoms with van der Waals surface area (Å²) in [4.78, 5) is 15.8. The number of nitrogens with zero attached hydrogens (tertiary/aromatic N) is 2. The van der Waals surface area contributed by atoms with E-state index in [0.717, 1.165) is 52.4 Å². The third-order valence-corrected chi connectivity index (χ3v) is 5.26. The Balaban J connectivity index is 1.52. The summed E-state index contributed by atoms with van der Waals surface area (Å²) < 4.78 is 17.1. The summed E-state index contributed by atoms with van der Waals surface area (Å²) in [7, 11) is 3.61. The van der Waals surface area contributed by atoms with Crippen molar-refractivity contribution in [2.24, 2.45) is 17.3 Å². The largest absolute Gasteiger partial charge is 0.381 e. The summed E-state index contributed by atoms with van der Waals surface area (Å²) in [6.07, 6.45) is 2.19. The van der Waals surface area contributed by atoms with Crippen LogP contribution in [-0.4, -0.2) is 82.7 Å². The highest BCUT2D eigenvalue weighted by atomic mass is 16.5. The summed E-state index contributed by atoms with van der Waals surface area (Å²) in [5, 5.41) is 0. The molecule has 0 bridgehead atoms. The second kappa shape index (κ2) is 6.72. The minimum Gasteiger partial charge on any atom is -0.381 e. The van der Waals surface area contributed by atoms with Crippen molar-refractivity contribution in [3.63, 3.8) is 0 Å². The zero-order valence-corrected chi connectivity index (χ0v) is 13.8. The Morgan fingerprint density at radius 3 is 2.82 bits per heavy atom. The first-order valence-electron chi connectivity index (χ1n) is 8.30. The molecule has 0 radical (unpaired) electrons. The number of carbonyl (C=O) groups excluding carboxylic acids is 1. The molecule has 0 saturated carbocycles. The van der Waals surface area contributed by atoms with Gasteiger partial charge in [0, 0.05) is 58.3 Å². The summed E-state index contributed by atoms with van der Waals surface area (Å²) in [5.41, 5.74) is -0.00314. The van der Waals surface area contributed by atoms with Gasteiger partial charge in [0.1, 0.15) is 0 Å². The van der Waals surface area contributed by atoms with E-state index in [1.807, 2.05) is 4.90 Å². The van der Waals surface area contributed by atoms with Gasteiger partial charge in [-0.25, -0.2) is 4.79 Å². The fourth-order valence-electron chi connectivity index (χ4n) is 3.81. The van der Waals surface area contributed by atoms with Crippen LogP contribution >= 0.6 is 0 Å². The molecule has 3 saturated heterocycles. The Morgan fingerprint density at radius 1 is 1.32 bits per heavy atom. The zero-order valence-electron chi connectivity index (χ0n) is 13.8. The number of urea groups is 1. The predicted molar refractivity (Wildman–Crippen MR) is 81.8 cm³/mol. The van der Waals surface area contributed by atoms with E-state index < -0.39 is 0 Å². The first-order valence-corrected chi connectivity index (χ1v) is 8.30. The van der Waals surface area contributed by atoms with Gasteiger partial charge in [-0.3, -0.25) is 0 Å². The van der Waals surface area contributed by atoms with Crippen molar-refractivity contribution in [1.82, 2.24) is 9.80 Å². The minimum absolute atomic E-state index is 0.00314. The van der Waals surface area contributed by atoms with Gasteiger partial charge in [-0.2, -0.15) is 0 Å². The highest BCUT2D eigenvalue weighted by Crippen LogP contribution is 2.41. The molecule has 3 rings (SSSR count). The van der Waals surface area contributed by atoms with Crippen molar-refractivity contribution in [3.05, 3.63) is 0 Å². The van der Waals surface area contributed by atoms with E-state index in [1.165, 1.54) is 0 Å². The van der Waals surface area contributed by atoms with Gasteiger partial charge in [-0.1, -0.05) is 0 Å². The summed E-state index contributed by atoms with van der Waals surface area (Å²) >= 11 is 0. The standard InChI is InChI=1S/C16H28N2O4/c1-17(2)15(19)18-7-14-9-22-12-16(14,10-18)11-21-8-13-3-5-20-6-4-13/h13-14H,3-12H2,1-2H3/t14-,16-/m1/s1. The van der Waals surface area contributed by atoms with Crippen LogP contribution in [0.4, 0.5) is 4.79 Å². The first-order chi connectivity index (χ1) is 10.6. The third kappa shape index (κ3) is 3.24. The molecule has 3 fully saturated rings. The maximum absolute atomic E-state index is 12.2. The molecule has 3 aliphatic heterocycles. The molecule has 22 heavy (non-hydrogen) atoms. The van der Waals surface area contributed by atoms with Gasteiger partial charge in [0.2, 0.25) is 0 Å². The van der Waals surface area contributed by atoms with Gasteiger partial charge in [-0.05, 0) is 18.8 Å². The predicted octanol–water partition coefficient (Wildman–Crippen LogP) is 1.06. The maximum atomic E-state index is 12.2. The number of ether oxygens (including phenoxy) is 3. The molecule has 0 aromatic heterocycles. The van der Waals surface area contributed by atoms with Crippen LogP contribution in [0.3, 0.4) is 0 Å². The second-order valence-corrected chi connectivity index (χ2v) is 7.20. The first kappa shape index (κ1) is 16.0. The minimum atomic E-state index is -0.00314. The number of hydrogen-bond acceptors (Lipinski definition) is 4. The van der Waals surface area contributed by atoms with Crippen LogP contribution in [0.25, 0.3) is 0 Å². The molecule has 0 aromatic rings. The molecule has 2 atom stereocenters. The van der Waals surface area contributed by atoms with E-state index in [1.54, 1.807) is 19.0 Å². The van der Waals surface area contributed by atoms with Crippen molar-refractivity contribution in [3.8, 4) is 0 Å². The number of hydrogen-bond donors (Lipinski definition) is 0. The van der Waals surface area contributed by atoms with Crippen molar-refractivity contribution in [2.45, 2.75) is 12.8 Å². The third-order valence-electron chi connectivity index (χ3n) is 5.26. The number of fused-ring (bicyclic) bond motifs is 1. The fourth-order valence-corrected chi connectivity index (χ4v) is 3.81. The lowest BCUT2D eigenvalue weighted by Gasteiger charge is -2.29. The van der Waals surface area contributed by atoms with E-state index in [0.29, 0.717) is 25.0 Å². The average molecular weight is 312 g/mol. The molecule has 2 amide bonds. The van der Waals surface area contributed by atoms with Crippen LogP contribution in [0.2, 0.25) is 0 Å². The van der Waals surface area contributed by atoms with Crippen LogP contribution in [-0.2, 0) is 14.2 Å². The Labute approximate surface area is 132 Å².